The van der Waals surface area contributed by atoms with E-state index in [-0.39, 0.29) is 6.61 Å². The molecule has 1 fully saturated rings. The van der Waals surface area contributed by atoms with Gasteiger partial charge in [0.05, 0.1) is 6.61 Å². The van der Waals surface area contributed by atoms with Crippen molar-refractivity contribution in [3.8, 4) is 0 Å². The van der Waals surface area contributed by atoms with E-state index < -0.39 is 0 Å². The molecule has 3 nitrogen and oxygen atoms in total. The zero-order valence-corrected chi connectivity index (χ0v) is 12.4. The normalized spacial score (nSPS) is 19.6. The summed E-state index contributed by atoms with van der Waals surface area (Å²) >= 11 is 0. The summed E-state index contributed by atoms with van der Waals surface area (Å²) in [5.41, 5.74) is 3.90. The molecule has 0 amide bonds. The third kappa shape index (κ3) is 3.40. The van der Waals surface area contributed by atoms with Crippen molar-refractivity contribution in [2.24, 2.45) is 0 Å². The Balaban J connectivity index is 1.40. The number of aliphatic hydroxyl groups excluding tert-OH is 1. The fourth-order valence-corrected chi connectivity index (χ4v) is 3.45. The number of fused-ring (bicyclic) bond motifs is 1. The van der Waals surface area contributed by atoms with E-state index in [0.29, 0.717) is 0 Å². The van der Waals surface area contributed by atoms with Crippen molar-refractivity contribution in [3.05, 3.63) is 34.9 Å². The number of nitrogens with zero attached hydrogens (tertiary/aromatic N) is 2. The van der Waals surface area contributed by atoms with Crippen molar-refractivity contribution >= 4 is 0 Å². The van der Waals surface area contributed by atoms with Crippen molar-refractivity contribution in [3.63, 3.8) is 0 Å². The molecule has 1 aromatic carbocycles. The molecule has 0 radical (unpaired) electrons. The van der Waals surface area contributed by atoms with Crippen LogP contribution in [0.25, 0.3) is 0 Å². The Labute approximate surface area is 122 Å². The molecule has 2 aliphatic heterocycles. The van der Waals surface area contributed by atoms with E-state index in [1.165, 1.54) is 63.0 Å². The lowest BCUT2D eigenvalue weighted by molar-refractivity contribution is 0.263. The minimum absolute atomic E-state index is 0.156. The number of hydrogen-bond acceptors (Lipinski definition) is 3. The van der Waals surface area contributed by atoms with Crippen LogP contribution in [0.15, 0.2) is 18.2 Å². The van der Waals surface area contributed by atoms with E-state index in [1.807, 2.05) is 0 Å². The van der Waals surface area contributed by atoms with Gasteiger partial charge >= 0.3 is 0 Å². The van der Waals surface area contributed by atoms with Gasteiger partial charge in [-0.2, -0.15) is 0 Å². The van der Waals surface area contributed by atoms with Crippen LogP contribution in [-0.2, 0) is 19.7 Å². The number of hydrogen-bond donors (Lipinski definition) is 1. The third-order valence-corrected chi connectivity index (χ3v) is 4.64. The van der Waals surface area contributed by atoms with E-state index in [2.05, 4.69) is 28.0 Å². The topological polar surface area (TPSA) is 26.7 Å². The van der Waals surface area contributed by atoms with Crippen molar-refractivity contribution in [1.29, 1.82) is 0 Å². The molecule has 0 saturated carbocycles. The van der Waals surface area contributed by atoms with Crippen molar-refractivity contribution in [2.45, 2.75) is 45.4 Å². The first-order valence-electron chi connectivity index (χ1n) is 8.01. The molecule has 1 aromatic rings. The van der Waals surface area contributed by atoms with Gasteiger partial charge in [-0.25, -0.2) is 0 Å². The standard InChI is InChI=1S/C17H26N2O/c20-14-15-5-6-16-12-19(13-17(16)11-15)10-4-3-9-18-7-1-2-8-18/h5-6,11,20H,1-4,7-10,12-14H2. The summed E-state index contributed by atoms with van der Waals surface area (Å²) < 4.78 is 0. The monoisotopic (exact) mass is 274 g/mol. The highest BCUT2D eigenvalue weighted by molar-refractivity contribution is 5.34. The Bertz CT molecular complexity index is 441. The summed E-state index contributed by atoms with van der Waals surface area (Å²) in [4.78, 5) is 5.14. The number of unbranched alkanes of at least 4 members (excludes halogenated alkanes) is 1. The van der Waals surface area contributed by atoms with Crippen LogP contribution < -0.4 is 0 Å². The molecule has 110 valence electrons. The second-order valence-corrected chi connectivity index (χ2v) is 6.23. The minimum Gasteiger partial charge on any atom is -0.392 e. The van der Waals surface area contributed by atoms with Gasteiger partial charge < -0.3 is 10.0 Å². The molecule has 2 aliphatic rings. The van der Waals surface area contributed by atoms with Gasteiger partial charge in [0.1, 0.15) is 0 Å². The molecule has 0 bridgehead atoms. The Morgan fingerprint density at radius 1 is 0.900 bits per heavy atom. The van der Waals surface area contributed by atoms with Gasteiger partial charge in [-0.1, -0.05) is 18.2 Å². The molecule has 3 heteroatoms. The highest BCUT2D eigenvalue weighted by Crippen LogP contribution is 2.24. The molecule has 0 aliphatic carbocycles. The molecule has 0 spiro atoms. The second-order valence-electron chi connectivity index (χ2n) is 6.23. The highest BCUT2D eigenvalue weighted by atomic mass is 16.3. The lowest BCUT2D eigenvalue weighted by atomic mass is 10.1. The molecular formula is C17H26N2O. The van der Waals surface area contributed by atoms with Crippen molar-refractivity contribution in [2.75, 3.05) is 26.2 Å². The molecule has 0 atom stereocenters. The predicted molar refractivity (Wildman–Crippen MR) is 81.4 cm³/mol. The minimum atomic E-state index is 0.156. The first-order chi connectivity index (χ1) is 9.85. The average Bonchev–Trinajstić information content (AvgIpc) is 3.11. The van der Waals surface area contributed by atoms with Crippen LogP contribution in [0.1, 0.15) is 42.4 Å². The van der Waals surface area contributed by atoms with E-state index in [9.17, 15) is 5.11 Å². The summed E-state index contributed by atoms with van der Waals surface area (Å²) in [5, 5.41) is 9.19. The van der Waals surface area contributed by atoms with E-state index >= 15 is 0 Å². The molecule has 1 N–H and O–H groups in total. The first-order valence-corrected chi connectivity index (χ1v) is 8.01. The highest BCUT2D eigenvalue weighted by Gasteiger charge is 2.18. The lowest BCUT2D eigenvalue weighted by Gasteiger charge is -2.17. The third-order valence-electron chi connectivity index (χ3n) is 4.64. The van der Waals surface area contributed by atoms with Gasteiger partial charge in [0.15, 0.2) is 0 Å². The maximum atomic E-state index is 9.19. The van der Waals surface area contributed by atoms with Crippen LogP contribution in [0.3, 0.4) is 0 Å². The fourth-order valence-electron chi connectivity index (χ4n) is 3.45. The molecule has 2 heterocycles. The fraction of sp³-hybridized carbons (Fsp3) is 0.647. The largest absolute Gasteiger partial charge is 0.392 e. The van der Waals surface area contributed by atoms with Gasteiger partial charge in [-0.3, -0.25) is 4.90 Å². The summed E-state index contributed by atoms with van der Waals surface area (Å²) in [6.45, 7) is 7.44. The molecule has 0 unspecified atom stereocenters. The number of benzene rings is 1. The first kappa shape index (κ1) is 14.1. The van der Waals surface area contributed by atoms with E-state index in [1.54, 1.807) is 0 Å². The molecule has 1 saturated heterocycles. The zero-order valence-electron chi connectivity index (χ0n) is 12.4. The SMILES string of the molecule is OCc1ccc2c(c1)CN(CCCCN1CCCC1)C2. The molecular weight excluding hydrogens is 248 g/mol. The van der Waals surface area contributed by atoms with Gasteiger partial charge in [0.25, 0.3) is 0 Å². The number of likely N-dealkylation sites (tertiary alicyclic amines) is 1. The smallest absolute Gasteiger partial charge is 0.0681 e. The van der Waals surface area contributed by atoms with E-state index in [4.69, 9.17) is 0 Å². The Kier molecular flexibility index (Phi) is 4.71. The van der Waals surface area contributed by atoms with E-state index in [0.717, 1.165) is 18.7 Å². The van der Waals surface area contributed by atoms with Gasteiger partial charge in [-0.15, -0.1) is 0 Å². The summed E-state index contributed by atoms with van der Waals surface area (Å²) in [5.74, 6) is 0. The van der Waals surface area contributed by atoms with Gasteiger partial charge in [0.2, 0.25) is 0 Å². The average molecular weight is 274 g/mol. The second kappa shape index (κ2) is 6.70. The summed E-state index contributed by atoms with van der Waals surface area (Å²) in [6, 6.07) is 6.40. The van der Waals surface area contributed by atoms with Crippen LogP contribution in [0.5, 0.6) is 0 Å². The molecule has 20 heavy (non-hydrogen) atoms. The maximum absolute atomic E-state index is 9.19. The number of rotatable bonds is 6. The Morgan fingerprint density at radius 2 is 1.60 bits per heavy atom. The van der Waals surface area contributed by atoms with Gasteiger partial charge in [-0.05, 0) is 68.6 Å². The van der Waals surface area contributed by atoms with Crippen molar-refractivity contribution in [1.82, 2.24) is 9.80 Å². The number of aliphatic hydroxyl groups is 1. The Hall–Kier alpha value is -0.900. The van der Waals surface area contributed by atoms with Gasteiger partial charge in [0, 0.05) is 13.1 Å². The molecule has 0 aromatic heterocycles. The lowest BCUT2D eigenvalue weighted by Crippen LogP contribution is -2.22. The predicted octanol–water partition coefficient (Wildman–Crippen LogP) is 2.37. The molecule has 3 rings (SSSR count). The summed E-state index contributed by atoms with van der Waals surface area (Å²) in [7, 11) is 0. The van der Waals surface area contributed by atoms with Crippen LogP contribution in [0.4, 0.5) is 0 Å². The van der Waals surface area contributed by atoms with Crippen LogP contribution in [0.2, 0.25) is 0 Å². The van der Waals surface area contributed by atoms with Crippen LogP contribution in [-0.4, -0.2) is 41.1 Å². The van der Waals surface area contributed by atoms with Crippen LogP contribution in [0, 0.1) is 0 Å². The zero-order chi connectivity index (χ0) is 13.8. The summed E-state index contributed by atoms with van der Waals surface area (Å²) in [6.07, 6.45) is 5.43. The van der Waals surface area contributed by atoms with Crippen LogP contribution >= 0.6 is 0 Å². The quantitative estimate of drug-likeness (QED) is 0.807. The Morgan fingerprint density at radius 3 is 2.35 bits per heavy atom. The maximum Gasteiger partial charge on any atom is 0.0681 e. The van der Waals surface area contributed by atoms with Crippen molar-refractivity contribution < 1.29 is 5.11 Å².